The second-order valence-corrected chi connectivity index (χ2v) is 8.50. The molecule has 2 N–H and O–H groups in total. The summed E-state index contributed by atoms with van der Waals surface area (Å²) in [5.74, 6) is -0.596. The molecule has 8 heteroatoms. The Balaban J connectivity index is 1.89. The van der Waals surface area contributed by atoms with Gasteiger partial charge < -0.3 is 14.7 Å². The summed E-state index contributed by atoms with van der Waals surface area (Å²) in [6.07, 6.45) is 0. The monoisotopic (exact) mass is 440 g/mol. The highest BCUT2D eigenvalue weighted by Gasteiger charge is 2.19. The van der Waals surface area contributed by atoms with Crippen LogP contribution >= 0.6 is 0 Å². The normalized spacial score (nSPS) is 11.0. The fourth-order valence-corrected chi connectivity index (χ4v) is 4.24. The van der Waals surface area contributed by atoms with Crippen molar-refractivity contribution in [1.82, 2.24) is 0 Å². The van der Waals surface area contributed by atoms with Crippen molar-refractivity contribution < 1.29 is 23.1 Å². The van der Waals surface area contributed by atoms with Crippen molar-refractivity contribution in [3.05, 3.63) is 83.9 Å². The number of nitrogens with one attached hydrogen (secondary N) is 1. The van der Waals surface area contributed by atoms with E-state index in [2.05, 4.69) is 4.72 Å². The minimum atomic E-state index is -3.88. The van der Waals surface area contributed by atoms with Crippen LogP contribution in [0.2, 0.25) is 0 Å². The zero-order valence-electron chi connectivity index (χ0n) is 17.3. The Morgan fingerprint density at radius 1 is 1.03 bits per heavy atom. The number of rotatable bonds is 9. The fourth-order valence-electron chi connectivity index (χ4n) is 3.19. The van der Waals surface area contributed by atoms with Crippen LogP contribution in [0.15, 0.2) is 77.7 Å². The number of methoxy groups -OCH3 is 1. The van der Waals surface area contributed by atoms with Crippen molar-refractivity contribution in [1.29, 1.82) is 0 Å². The van der Waals surface area contributed by atoms with Crippen molar-refractivity contribution in [2.45, 2.75) is 18.4 Å². The van der Waals surface area contributed by atoms with Gasteiger partial charge in [-0.3, -0.25) is 4.72 Å². The zero-order valence-corrected chi connectivity index (χ0v) is 18.1. The molecule has 0 aliphatic carbocycles. The maximum Gasteiger partial charge on any atom is 0.337 e. The Bertz CT molecular complexity index is 1150. The molecule has 0 heterocycles. The van der Waals surface area contributed by atoms with E-state index < -0.39 is 16.0 Å². The molecule has 0 radical (unpaired) electrons. The fraction of sp³-hybridized carbons (Fsp3) is 0.174. The SMILES string of the molecule is CCN(Cc1ccccc1)c1ccc(NS(=O)(=O)c2ccc(OC)cc2)cc1C(=O)O. The average molecular weight is 441 g/mol. The highest BCUT2D eigenvalue weighted by molar-refractivity contribution is 7.92. The molecule has 3 rings (SSSR count). The maximum atomic E-state index is 12.7. The van der Waals surface area contributed by atoms with Gasteiger partial charge in [-0.2, -0.15) is 0 Å². The van der Waals surface area contributed by atoms with Crippen LogP contribution in [-0.4, -0.2) is 33.1 Å². The molecule has 0 unspecified atom stereocenters. The lowest BCUT2D eigenvalue weighted by Crippen LogP contribution is -2.24. The molecule has 7 nitrogen and oxygen atoms in total. The van der Waals surface area contributed by atoms with E-state index in [1.165, 1.54) is 25.3 Å². The van der Waals surface area contributed by atoms with Crippen LogP contribution in [0.1, 0.15) is 22.8 Å². The molecule has 162 valence electrons. The van der Waals surface area contributed by atoms with Crippen molar-refractivity contribution in [3.63, 3.8) is 0 Å². The van der Waals surface area contributed by atoms with Gasteiger partial charge in [0.1, 0.15) is 5.75 Å². The van der Waals surface area contributed by atoms with Crippen LogP contribution in [0.5, 0.6) is 5.75 Å². The number of hydrogen-bond donors (Lipinski definition) is 2. The molecule has 0 saturated heterocycles. The number of hydrogen-bond acceptors (Lipinski definition) is 5. The molecule has 0 atom stereocenters. The molecule has 31 heavy (non-hydrogen) atoms. The summed E-state index contributed by atoms with van der Waals surface area (Å²) in [6.45, 7) is 3.06. The van der Waals surface area contributed by atoms with Gasteiger partial charge in [0.2, 0.25) is 0 Å². The number of sulfonamides is 1. The van der Waals surface area contributed by atoms with E-state index in [1.54, 1.807) is 24.3 Å². The first-order chi connectivity index (χ1) is 14.8. The summed E-state index contributed by atoms with van der Waals surface area (Å²) in [5.41, 5.74) is 1.76. The van der Waals surface area contributed by atoms with Crippen molar-refractivity contribution >= 4 is 27.4 Å². The van der Waals surface area contributed by atoms with Gasteiger partial charge in [0.05, 0.1) is 23.3 Å². The highest BCUT2D eigenvalue weighted by Crippen LogP contribution is 2.27. The van der Waals surface area contributed by atoms with E-state index in [0.717, 1.165) is 5.56 Å². The molecule has 0 aliphatic heterocycles. The molecule has 0 aliphatic rings. The molecule has 0 aromatic heterocycles. The lowest BCUT2D eigenvalue weighted by atomic mass is 10.1. The predicted molar refractivity (Wildman–Crippen MR) is 120 cm³/mol. The summed E-state index contributed by atoms with van der Waals surface area (Å²) >= 11 is 0. The lowest BCUT2D eigenvalue weighted by molar-refractivity contribution is 0.0697. The van der Waals surface area contributed by atoms with E-state index in [4.69, 9.17) is 4.74 Å². The third kappa shape index (κ3) is 5.35. The Morgan fingerprint density at radius 2 is 1.71 bits per heavy atom. The van der Waals surface area contributed by atoms with Crippen LogP contribution in [-0.2, 0) is 16.6 Å². The molecule has 0 amide bonds. The number of anilines is 2. The lowest BCUT2D eigenvalue weighted by Gasteiger charge is -2.25. The molecule has 0 saturated carbocycles. The first-order valence-electron chi connectivity index (χ1n) is 9.67. The van der Waals surface area contributed by atoms with Gasteiger partial charge in [0.25, 0.3) is 10.0 Å². The van der Waals surface area contributed by atoms with Crippen molar-refractivity contribution in [2.75, 3.05) is 23.3 Å². The molecule has 0 fully saturated rings. The Kier molecular flexibility index (Phi) is 6.81. The van der Waals surface area contributed by atoms with Crippen LogP contribution < -0.4 is 14.4 Å². The summed E-state index contributed by atoms with van der Waals surface area (Å²) < 4.78 is 32.9. The van der Waals surface area contributed by atoms with Gasteiger partial charge in [-0.15, -0.1) is 0 Å². The molecule has 3 aromatic carbocycles. The summed E-state index contributed by atoms with van der Waals surface area (Å²) in [7, 11) is -2.39. The van der Waals surface area contributed by atoms with Gasteiger partial charge in [0, 0.05) is 18.8 Å². The number of ether oxygens (including phenoxy) is 1. The van der Waals surface area contributed by atoms with E-state index in [-0.39, 0.29) is 16.1 Å². The van der Waals surface area contributed by atoms with Gasteiger partial charge in [0.15, 0.2) is 0 Å². The number of nitrogens with zero attached hydrogens (tertiary/aromatic N) is 1. The average Bonchev–Trinajstić information content (AvgIpc) is 2.78. The number of carbonyl (C=O) groups is 1. The topological polar surface area (TPSA) is 95.9 Å². The van der Waals surface area contributed by atoms with Gasteiger partial charge in [-0.1, -0.05) is 30.3 Å². The van der Waals surface area contributed by atoms with Crippen LogP contribution in [0.25, 0.3) is 0 Å². The minimum absolute atomic E-state index is 0.0210. The molecule has 3 aromatic rings. The highest BCUT2D eigenvalue weighted by atomic mass is 32.2. The summed E-state index contributed by atoms with van der Waals surface area (Å²) in [6, 6.07) is 20.2. The van der Waals surface area contributed by atoms with Crippen LogP contribution in [0.4, 0.5) is 11.4 Å². The first kappa shape index (κ1) is 22.2. The van der Waals surface area contributed by atoms with Crippen LogP contribution in [0.3, 0.4) is 0 Å². The smallest absolute Gasteiger partial charge is 0.337 e. The van der Waals surface area contributed by atoms with Gasteiger partial charge in [-0.25, -0.2) is 13.2 Å². The largest absolute Gasteiger partial charge is 0.497 e. The number of carboxylic acid groups (broad SMARTS) is 1. The number of carboxylic acids is 1. The zero-order chi connectivity index (χ0) is 22.4. The van der Waals surface area contributed by atoms with Gasteiger partial charge in [-0.05, 0) is 55.0 Å². The van der Waals surface area contributed by atoms with E-state index in [1.807, 2.05) is 42.2 Å². The standard InChI is InChI=1S/C23H24N2O5S/c1-3-25(16-17-7-5-4-6-8-17)22-14-9-18(15-21(22)23(26)27)24-31(28,29)20-12-10-19(30-2)11-13-20/h4-15,24H,3,16H2,1-2H3,(H,26,27). The Morgan fingerprint density at radius 3 is 2.29 bits per heavy atom. The maximum absolute atomic E-state index is 12.7. The van der Waals surface area contributed by atoms with E-state index in [9.17, 15) is 18.3 Å². The second-order valence-electron chi connectivity index (χ2n) is 6.82. The molecule has 0 spiro atoms. The van der Waals surface area contributed by atoms with E-state index >= 15 is 0 Å². The van der Waals surface area contributed by atoms with Crippen molar-refractivity contribution in [3.8, 4) is 5.75 Å². The quantitative estimate of drug-likeness (QED) is 0.517. The Hall–Kier alpha value is -3.52. The number of aromatic carboxylic acids is 1. The summed E-state index contributed by atoms with van der Waals surface area (Å²) in [4.78, 5) is 13.9. The molecule has 0 bridgehead atoms. The second kappa shape index (κ2) is 9.53. The van der Waals surface area contributed by atoms with Crippen molar-refractivity contribution in [2.24, 2.45) is 0 Å². The summed E-state index contributed by atoms with van der Waals surface area (Å²) in [5, 5.41) is 9.76. The molecular formula is C23H24N2O5S. The van der Waals surface area contributed by atoms with E-state index in [0.29, 0.717) is 24.5 Å². The first-order valence-corrected chi connectivity index (χ1v) is 11.2. The Labute approximate surface area is 182 Å². The number of benzene rings is 3. The third-order valence-electron chi connectivity index (χ3n) is 4.79. The molecular weight excluding hydrogens is 416 g/mol. The van der Waals surface area contributed by atoms with Crippen LogP contribution in [0, 0.1) is 0 Å². The predicted octanol–water partition coefficient (Wildman–Crippen LogP) is 4.22. The third-order valence-corrected chi connectivity index (χ3v) is 6.18. The minimum Gasteiger partial charge on any atom is -0.497 e. The van der Waals surface area contributed by atoms with Gasteiger partial charge >= 0.3 is 5.97 Å².